The van der Waals surface area contributed by atoms with Crippen LogP contribution in [0.5, 0.6) is 0 Å². The second-order valence-electron chi connectivity index (χ2n) is 6.28. The van der Waals surface area contributed by atoms with Crippen LogP contribution in [0.2, 0.25) is 0 Å². The Kier molecular flexibility index (Phi) is 5.85. The molecule has 2 fully saturated rings. The van der Waals surface area contributed by atoms with Crippen LogP contribution in [-0.2, 0) is 9.53 Å². The van der Waals surface area contributed by atoms with Crippen molar-refractivity contribution >= 4 is 5.91 Å². The van der Waals surface area contributed by atoms with Crippen LogP contribution in [0.15, 0.2) is 0 Å². The fourth-order valence-corrected chi connectivity index (χ4v) is 2.91. The lowest BCUT2D eigenvalue weighted by Crippen LogP contribution is -2.41. The molecule has 2 saturated carbocycles. The van der Waals surface area contributed by atoms with E-state index in [2.05, 4.69) is 11.4 Å². The number of rotatable bonds is 6. The van der Waals surface area contributed by atoms with E-state index in [-0.39, 0.29) is 17.9 Å². The molecule has 2 atom stereocenters. The Morgan fingerprint density at radius 1 is 1.25 bits per heavy atom. The van der Waals surface area contributed by atoms with E-state index in [1.807, 2.05) is 0 Å². The minimum atomic E-state index is -0.612. The number of ether oxygens (including phenoxy) is 1. The molecule has 2 rings (SSSR count). The Morgan fingerprint density at radius 2 is 1.95 bits per heavy atom. The van der Waals surface area contributed by atoms with Crippen LogP contribution >= 0.6 is 0 Å². The van der Waals surface area contributed by atoms with Crippen molar-refractivity contribution in [1.82, 2.24) is 5.32 Å². The van der Waals surface area contributed by atoms with Crippen LogP contribution in [0, 0.1) is 23.2 Å². The van der Waals surface area contributed by atoms with Crippen molar-refractivity contribution in [2.75, 3.05) is 6.54 Å². The molecule has 0 aromatic heterocycles. The average Bonchev–Trinajstić information content (AvgIpc) is 2.43. The van der Waals surface area contributed by atoms with Crippen molar-refractivity contribution in [1.29, 1.82) is 5.26 Å². The van der Waals surface area contributed by atoms with Gasteiger partial charge in [-0.05, 0) is 31.6 Å². The fourth-order valence-electron chi connectivity index (χ4n) is 2.91. The molecule has 0 radical (unpaired) electrons. The van der Waals surface area contributed by atoms with E-state index < -0.39 is 6.10 Å². The summed E-state index contributed by atoms with van der Waals surface area (Å²) in [6.07, 6.45) is 8.91. The van der Waals surface area contributed by atoms with Gasteiger partial charge < -0.3 is 10.1 Å². The van der Waals surface area contributed by atoms with E-state index in [1.165, 1.54) is 38.5 Å². The number of nitrogens with one attached hydrogen (secondary N) is 1. The number of amides is 1. The Morgan fingerprint density at radius 3 is 2.50 bits per heavy atom. The lowest BCUT2D eigenvalue weighted by Gasteiger charge is -2.28. The highest BCUT2D eigenvalue weighted by Gasteiger charge is 2.29. The summed E-state index contributed by atoms with van der Waals surface area (Å²) in [7, 11) is 0. The molecule has 0 heterocycles. The maximum atomic E-state index is 12.1. The molecule has 2 unspecified atom stereocenters. The van der Waals surface area contributed by atoms with Gasteiger partial charge in [0.2, 0.25) is 5.91 Å². The molecule has 0 bridgehead atoms. The van der Waals surface area contributed by atoms with E-state index in [0.29, 0.717) is 5.92 Å². The minimum Gasteiger partial charge on any atom is -0.359 e. The quantitative estimate of drug-likeness (QED) is 0.812. The first-order valence-electron chi connectivity index (χ1n) is 8.03. The Bertz CT molecular complexity index is 354. The van der Waals surface area contributed by atoms with Gasteiger partial charge in [-0.3, -0.25) is 4.79 Å². The molecular weight excluding hydrogens is 252 g/mol. The first-order chi connectivity index (χ1) is 9.70. The SMILES string of the molecule is CC(C(=O)NCC1CCC1)C(C#N)OC1CCCCC1. The van der Waals surface area contributed by atoms with Gasteiger partial charge in [-0.1, -0.05) is 32.6 Å². The average molecular weight is 278 g/mol. The molecule has 20 heavy (non-hydrogen) atoms. The van der Waals surface area contributed by atoms with Crippen LogP contribution in [0.3, 0.4) is 0 Å². The summed E-state index contributed by atoms with van der Waals surface area (Å²) in [6, 6.07) is 2.16. The van der Waals surface area contributed by atoms with Gasteiger partial charge in [-0.25, -0.2) is 0 Å². The normalized spacial score (nSPS) is 23.4. The van der Waals surface area contributed by atoms with Gasteiger partial charge in [0.1, 0.15) is 0 Å². The van der Waals surface area contributed by atoms with Gasteiger partial charge >= 0.3 is 0 Å². The van der Waals surface area contributed by atoms with E-state index in [4.69, 9.17) is 4.74 Å². The molecule has 2 aliphatic carbocycles. The van der Waals surface area contributed by atoms with Crippen LogP contribution in [0.4, 0.5) is 0 Å². The van der Waals surface area contributed by atoms with Gasteiger partial charge in [0.05, 0.1) is 18.1 Å². The molecule has 4 nitrogen and oxygen atoms in total. The molecule has 1 amide bonds. The molecular formula is C16H26N2O2. The number of nitriles is 1. The van der Waals surface area contributed by atoms with Crippen molar-refractivity contribution in [2.45, 2.75) is 70.5 Å². The molecule has 2 aliphatic rings. The molecule has 0 aliphatic heterocycles. The summed E-state index contributed by atoms with van der Waals surface area (Å²) in [5.41, 5.74) is 0. The number of hydrogen-bond donors (Lipinski definition) is 1. The summed E-state index contributed by atoms with van der Waals surface area (Å²) in [4.78, 5) is 12.1. The van der Waals surface area contributed by atoms with Crippen LogP contribution < -0.4 is 5.32 Å². The summed E-state index contributed by atoms with van der Waals surface area (Å²) in [5, 5.41) is 12.2. The monoisotopic (exact) mass is 278 g/mol. The fraction of sp³-hybridized carbons (Fsp3) is 0.875. The lowest BCUT2D eigenvalue weighted by atomic mass is 9.85. The third-order valence-electron chi connectivity index (χ3n) is 4.68. The summed E-state index contributed by atoms with van der Waals surface area (Å²) in [6.45, 7) is 2.55. The predicted molar refractivity (Wildman–Crippen MR) is 76.9 cm³/mol. The maximum absolute atomic E-state index is 12.1. The van der Waals surface area contributed by atoms with Gasteiger partial charge in [0, 0.05) is 6.54 Å². The number of nitrogens with zero attached hydrogens (tertiary/aromatic N) is 1. The first kappa shape index (κ1) is 15.3. The molecule has 0 aromatic rings. The van der Waals surface area contributed by atoms with E-state index in [9.17, 15) is 10.1 Å². The lowest BCUT2D eigenvalue weighted by molar-refractivity contribution is -0.130. The Labute approximate surface area is 121 Å². The zero-order valence-electron chi connectivity index (χ0n) is 12.4. The molecule has 0 aromatic carbocycles. The van der Waals surface area contributed by atoms with Crippen molar-refractivity contribution in [3.05, 3.63) is 0 Å². The maximum Gasteiger partial charge on any atom is 0.226 e. The first-order valence-corrected chi connectivity index (χ1v) is 8.03. The van der Waals surface area contributed by atoms with Gasteiger partial charge in [-0.2, -0.15) is 5.26 Å². The summed E-state index contributed by atoms with van der Waals surface area (Å²) < 4.78 is 5.85. The third kappa shape index (κ3) is 4.21. The number of carbonyl (C=O) groups is 1. The third-order valence-corrected chi connectivity index (χ3v) is 4.68. The van der Waals surface area contributed by atoms with Crippen molar-refractivity contribution < 1.29 is 9.53 Å². The largest absolute Gasteiger partial charge is 0.359 e. The van der Waals surface area contributed by atoms with Crippen LogP contribution in [0.25, 0.3) is 0 Å². The zero-order chi connectivity index (χ0) is 14.4. The van der Waals surface area contributed by atoms with Crippen molar-refractivity contribution in [2.24, 2.45) is 11.8 Å². The van der Waals surface area contributed by atoms with E-state index in [0.717, 1.165) is 19.4 Å². The van der Waals surface area contributed by atoms with Crippen LogP contribution in [-0.4, -0.2) is 24.7 Å². The zero-order valence-corrected chi connectivity index (χ0v) is 12.4. The summed E-state index contributed by atoms with van der Waals surface area (Å²) >= 11 is 0. The Hall–Kier alpha value is -1.08. The van der Waals surface area contributed by atoms with Crippen molar-refractivity contribution in [3.8, 4) is 6.07 Å². The number of carbonyl (C=O) groups excluding carboxylic acids is 1. The standard InChI is InChI=1S/C16H26N2O2/c1-12(16(19)18-11-13-6-5-7-13)15(10-17)20-14-8-3-2-4-9-14/h12-15H,2-9,11H2,1H3,(H,18,19). The highest BCUT2D eigenvalue weighted by Crippen LogP contribution is 2.26. The second kappa shape index (κ2) is 7.64. The number of hydrogen-bond acceptors (Lipinski definition) is 3. The summed E-state index contributed by atoms with van der Waals surface area (Å²) in [5.74, 6) is 0.215. The predicted octanol–water partition coefficient (Wildman–Crippen LogP) is 2.78. The molecule has 1 N–H and O–H groups in total. The topological polar surface area (TPSA) is 62.1 Å². The smallest absolute Gasteiger partial charge is 0.226 e. The Balaban J connectivity index is 1.75. The second-order valence-corrected chi connectivity index (χ2v) is 6.28. The van der Waals surface area contributed by atoms with Crippen LogP contribution in [0.1, 0.15) is 58.3 Å². The van der Waals surface area contributed by atoms with Gasteiger partial charge in [0.25, 0.3) is 0 Å². The van der Waals surface area contributed by atoms with Gasteiger partial charge in [0.15, 0.2) is 6.10 Å². The highest BCUT2D eigenvalue weighted by molar-refractivity contribution is 5.79. The van der Waals surface area contributed by atoms with Crippen molar-refractivity contribution in [3.63, 3.8) is 0 Å². The van der Waals surface area contributed by atoms with E-state index in [1.54, 1.807) is 6.92 Å². The van der Waals surface area contributed by atoms with E-state index >= 15 is 0 Å². The molecule has 0 saturated heterocycles. The van der Waals surface area contributed by atoms with Gasteiger partial charge in [-0.15, -0.1) is 0 Å². The minimum absolute atomic E-state index is 0.0424. The molecule has 112 valence electrons. The highest BCUT2D eigenvalue weighted by atomic mass is 16.5. The molecule has 4 heteroatoms. The molecule has 0 spiro atoms.